The molecule has 1 saturated heterocycles. The van der Waals surface area contributed by atoms with Gasteiger partial charge in [-0.25, -0.2) is 0 Å². The summed E-state index contributed by atoms with van der Waals surface area (Å²) in [6, 6.07) is 0. The van der Waals surface area contributed by atoms with Crippen molar-refractivity contribution in [2.75, 3.05) is 18.4 Å². The molecule has 0 unspecified atom stereocenters. The minimum Gasteiger partial charge on any atom is -0.358 e. The van der Waals surface area contributed by atoms with E-state index in [9.17, 15) is 9.59 Å². The number of nitrogens with one attached hydrogen (secondary N) is 2. The molecule has 0 atom stereocenters. The maximum absolute atomic E-state index is 12.4. The van der Waals surface area contributed by atoms with Crippen molar-refractivity contribution >= 4 is 17.4 Å². The molecule has 1 saturated carbocycles. The molecule has 3 rings (SSSR count). The summed E-state index contributed by atoms with van der Waals surface area (Å²) in [6.45, 7) is 12.7. The molecule has 2 heterocycles. The van der Waals surface area contributed by atoms with E-state index in [0.717, 1.165) is 51.0 Å². The van der Waals surface area contributed by atoms with E-state index in [1.807, 2.05) is 38.6 Å². The standard InChI is InChI=1S/C18H28N4O2.2C2H6.2CH3.Y/c1-13(23)15-2-4-16(5-3-15)18(24)21-17-10-20-22(12-17)11-14-6-8-19-9-7-14;2*1-2;;;/h10,12,14-16,19H,2-9,11H2,1H3,(H,21,24);2*1-2H3;2*1H3;/q;;;2*-1;. The molecule has 7 heteroatoms. The molecular weight excluding hydrogens is 465 g/mol. The number of hydrogen-bond donors (Lipinski definition) is 2. The van der Waals surface area contributed by atoms with Gasteiger partial charge < -0.3 is 25.5 Å². The van der Waals surface area contributed by atoms with Gasteiger partial charge in [0.25, 0.3) is 0 Å². The fraction of sp³-hybridized carbons (Fsp3) is 0.708. The molecule has 2 aliphatic rings. The first-order valence-corrected chi connectivity index (χ1v) is 11.2. The average molecular weight is 512 g/mol. The number of amides is 1. The summed E-state index contributed by atoms with van der Waals surface area (Å²) in [6.07, 6.45) is 9.31. The topological polar surface area (TPSA) is 76.0 Å². The number of piperidine rings is 1. The summed E-state index contributed by atoms with van der Waals surface area (Å²) in [5, 5.41) is 10.7. The molecule has 2 N–H and O–H groups in total. The Labute approximate surface area is 217 Å². The quantitative estimate of drug-likeness (QED) is 0.535. The van der Waals surface area contributed by atoms with Gasteiger partial charge in [-0.2, -0.15) is 5.10 Å². The van der Waals surface area contributed by atoms with Gasteiger partial charge in [-0.05, 0) is 64.5 Å². The first kappa shape index (κ1) is 35.0. The predicted molar refractivity (Wildman–Crippen MR) is 128 cm³/mol. The van der Waals surface area contributed by atoms with Crippen LogP contribution < -0.4 is 10.6 Å². The number of aromatic nitrogens is 2. The Balaban J connectivity index is -0.00000106. The maximum atomic E-state index is 12.4. The third kappa shape index (κ3) is 12.3. The van der Waals surface area contributed by atoms with Gasteiger partial charge >= 0.3 is 0 Å². The Morgan fingerprint density at radius 3 is 2.03 bits per heavy atom. The molecule has 1 radical (unpaired) electrons. The monoisotopic (exact) mass is 511 g/mol. The third-order valence-electron chi connectivity index (χ3n) is 5.48. The zero-order chi connectivity index (χ0) is 20.9. The van der Waals surface area contributed by atoms with Crippen LogP contribution in [-0.4, -0.2) is 34.6 Å². The smallest absolute Gasteiger partial charge is 0.227 e. The van der Waals surface area contributed by atoms with Crippen molar-refractivity contribution in [3.05, 3.63) is 27.2 Å². The second-order valence-corrected chi connectivity index (χ2v) is 7.29. The van der Waals surface area contributed by atoms with Crippen LogP contribution in [0.4, 0.5) is 5.69 Å². The van der Waals surface area contributed by atoms with E-state index in [1.165, 1.54) is 12.8 Å². The zero-order valence-corrected chi connectivity index (χ0v) is 23.9. The Morgan fingerprint density at radius 2 is 1.52 bits per heavy atom. The second-order valence-electron chi connectivity index (χ2n) is 7.29. The van der Waals surface area contributed by atoms with Crippen molar-refractivity contribution in [1.29, 1.82) is 0 Å². The molecule has 1 aromatic rings. The van der Waals surface area contributed by atoms with Crippen LogP contribution in [0.1, 0.15) is 73.1 Å². The van der Waals surface area contributed by atoms with E-state index in [4.69, 9.17) is 0 Å². The number of Topliss-reactive ketones (excluding diaryl/α,β-unsaturated/α-hetero) is 1. The van der Waals surface area contributed by atoms with Gasteiger partial charge in [-0.15, -0.1) is 0 Å². The van der Waals surface area contributed by atoms with E-state index in [2.05, 4.69) is 15.7 Å². The average Bonchev–Trinajstić information content (AvgIpc) is 3.18. The molecule has 31 heavy (non-hydrogen) atoms. The van der Waals surface area contributed by atoms with Crippen LogP contribution in [0, 0.1) is 32.6 Å². The Morgan fingerprint density at radius 1 is 1.00 bits per heavy atom. The number of hydrogen-bond acceptors (Lipinski definition) is 4. The number of nitrogens with zero attached hydrogens (tertiary/aromatic N) is 2. The summed E-state index contributed by atoms with van der Waals surface area (Å²) in [7, 11) is 0. The van der Waals surface area contributed by atoms with Gasteiger partial charge in [0.2, 0.25) is 5.91 Å². The van der Waals surface area contributed by atoms with Crippen molar-refractivity contribution in [2.24, 2.45) is 17.8 Å². The van der Waals surface area contributed by atoms with Crippen LogP contribution in [0.25, 0.3) is 0 Å². The molecule has 1 amide bonds. The van der Waals surface area contributed by atoms with Crippen molar-refractivity contribution < 1.29 is 42.3 Å². The van der Waals surface area contributed by atoms with E-state index in [-0.39, 0.29) is 71.1 Å². The van der Waals surface area contributed by atoms with Crippen LogP contribution in [0.3, 0.4) is 0 Å². The van der Waals surface area contributed by atoms with Gasteiger partial charge in [0.05, 0.1) is 11.9 Å². The maximum Gasteiger partial charge on any atom is 0.227 e. The van der Waals surface area contributed by atoms with Crippen LogP contribution in [0.2, 0.25) is 0 Å². The first-order valence-electron chi connectivity index (χ1n) is 11.2. The summed E-state index contributed by atoms with van der Waals surface area (Å²) in [5.41, 5.74) is 0.780. The van der Waals surface area contributed by atoms with Crippen molar-refractivity contribution in [3.8, 4) is 0 Å². The van der Waals surface area contributed by atoms with E-state index < -0.39 is 0 Å². The zero-order valence-electron chi connectivity index (χ0n) is 21.0. The van der Waals surface area contributed by atoms with Gasteiger partial charge in [0, 0.05) is 57.3 Å². The largest absolute Gasteiger partial charge is 0.358 e. The fourth-order valence-electron chi connectivity index (χ4n) is 3.86. The third-order valence-corrected chi connectivity index (χ3v) is 5.48. The van der Waals surface area contributed by atoms with Crippen LogP contribution in [0.15, 0.2) is 12.4 Å². The number of carbonyl (C=O) groups excluding carboxylic acids is 2. The molecule has 0 spiro atoms. The molecule has 1 aliphatic heterocycles. The molecule has 179 valence electrons. The summed E-state index contributed by atoms with van der Waals surface area (Å²) < 4.78 is 1.94. The molecule has 0 aromatic carbocycles. The van der Waals surface area contributed by atoms with Gasteiger partial charge in [-0.3, -0.25) is 14.3 Å². The van der Waals surface area contributed by atoms with Crippen LogP contribution in [0.5, 0.6) is 0 Å². The summed E-state index contributed by atoms with van der Waals surface area (Å²) >= 11 is 0. The van der Waals surface area contributed by atoms with Gasteiger partial charge in [-0.1, -0.05) is 27.7 Å². The van der Waals surface area contributed by atoms with Crippen molar-refractivity contribution in [3.63, 3.8) is 0 Å². The normalized spacial score (nSPS) is 20.0. The summed E-state index contributed by atoms with van der Waals surface area (Å²) in [4.78, 5) is 23.8. The second kappa shape index (κ2) is 20.1. The van der Waals surface area contributed by atoms with E-state index >= 15 is 0 Å². The minimum absolute atomic E-state index is 0. The number of carbonyl (C=O) groups is 2. The Hall–Kier alpha value is -0.586. The molecule has 1 aromatic heterocycles. The summed E-state index contributed by atoms with van der Waals surface area (Å²) in [5.74, 6) is 1.16. The molecule has 2 fully saturated rings. The van der Waals surface area contributed by atoms with Crippen molar-refractivity contribution in [2.45, 2.75) is 79.7 Å². The number of anilines is 1. The Bertz CT molecular complexity index is 578. The SMILES string of the molecule is CC.CC.CC(=O)C1CCC(C(=O)Nc2cnn(CC3CCNCC3)c2)CC1.[CH3-].[CH3-].[Y]. The number of rotatable bonds is 5. The van der Waals surface area contributed by atoms with Crippen molar-refractivity contribution in [1.82, 2.24) is 15.1 Å². The predicted octanol–water partition coefficient (Wildman–Crippen LogP) is 5.17. The van der Waals surface area contributed by atoms with E-state index in [1.54, 1.807) is 13.1 Å². The molecular formula is C24H46N4O2Y-2. The first-order chi connectivity index (χ1) is 13.6. The van der Waals surface area contributed by atoms with Crippen LogP contribution >= 0.6 is 0 Å². The molecule has 0 bridgehead atoms. The number of ketones is 1. The van der Waals surface area contributed by atoms with Gasteiger partial charge in [0.1, 0.15) is 5.78 Å². The fourth-order valence-corrected chi connectivity index (χ4v) is 3.86. The van der Waals surface area contributed by atoms with Gasteiger partial charge in [0.15, 0.2) is 0 Å². The van der Waals surface area contributed by atoms with Crippen LogP contribution in [-0.2, 0) is 48.8 Å². The Kier molecular flexibility index (Phi) is 22.6. The minimum atomic E-state index is 0. The van der Waals surface area contributed by atoms with E-state index in [0.29, 0.717) is 5.92 Å². The molecule has 6 nitrogen and oxygen atoms in total. The molecule has 1 aliphatic carbocycles.